The van der Waals surface area contributed by atoms with E-state index in [4.69, 9.17) is 5.73 Å². The van der Waals surface area contributed by atoms with Crippen LogP contribution in [0.3, 0.4) is 0 Å². The van der Waals surface area contributed by atoms with E-state index in [0.29, 0.717) is 6.42 Å². The molecule has 2 aromatic carbocycles. The Morgan fingerprint density at radius 2 is 1.69 bits per heavy atom. The third-order valence-electron chi connectivity index (χ3n) is 5.95. The molecular weight excluding hydrogens is 386 g/mol. The van der Waals surface area contributed by atoms with Crippen LogP contribution in [0.5, 0.6) is 0 Å². The monoisotopic (exact) mass is 413 g/mol. The van der Waals surface area contributed by atoms with Crippen LogP contribution in [-0.2, 0) is 22.4 Å². The van der Waals surface area contributed by atoms with E-state index in [1.807, 2.05) is 47.4 Å². The summed E-state index contributed by atoms with van der Waals surface area (Å²) in [7, 11) is 0. The fourth-order valence-electron chi connectivity index (χ4n) is 4.24. The highest BCUT2D eigenvalue weighted by Gasteiger charge is 2.35. The third kappa shape index (κ3) is 4.62. The van der Waals surface area contributed by atoms with Crippen molar-refractivity contribution >= 4 is 35.6 Å². The number of benzene rings is 2. The van der Waals surface area contributed by atoms with Gasteiger partial charge in [0.2, 0.25) is 11.8 Å². The van der Waals surface area contributed by atoms with E-state index in [-0.39, 0.29) is 24.2 Å². The molecule has 154 valence electrons. The van der Waals surface area contributed by atoms with Crippen LogP contribution in [0.1, 0.15) is 43.2 Å². The molecule has 4 rings (SSSR count). The van der Waals surface area contributed by atoms with Crippen LogP contribution >= 0.6 is 12.4 Å². The number of hydrogen-bond acceptors (Lipinski definition) is 3. The molecule has 2 amide bonds. The number of para-hydroxylation sites is 1. The van der Waals surface area contributed by atoms with Gasteiger partial charge in [0, 0.05) is 17.9 Å². The van der Waals surface area contributed by atoms with Crippen molar-refractivity contribution in [3.05, 3.63) is 59.7 Å². The zero-order valence-corrected chi connectivity index (χ0v) is 17.3. The van der Waals surface area contributed by atoms with Crippen molar-refractivity contribution in [3.63, 3.8) is 0 Å². The summed E-state index contributed by atoms with van der Waals surface area (Å²) in [5.41, 5.74) is 9.46. The molecule has 2 aliphatic rings. The van der Waals surface area contributed by atoms with Gasteiger partial charge in [-0.25, -0.2) is 0 Å². The molecule has 3 N–H and O–H groups in total. The topological polar surface area (TPSA) is 75.4 Å². The smallest absolute Gasteiger partial charge is 0.244 e. The number of amides is 2. The third-order valence-corrected chi connectivity index (χ3v) is 5.95. The first-order valence-corrected chi connectivity index (χ1v) is 10.1. The molecule has 1 aliphatic carbocycles. The summed E-state index contributed by atoms with van der Waals surface area (Å²) in [4.78, 5) is 27.1. The summed E-state index contributed by atoms with van der Waals surface area (Å²) in [5, 5.41) is 2.94. The van der Waals surface area contributed by atoms with Crippen LogP contribution in [0.25, 0.3) is 0 Å². The maximum Gasteiger partial charge on any atom is 0.244 e. The lowest BCUT2D eigenvalue weighted by Gasteiger charge is -2.31. The van der Waals surface area contributed by atoms with Crippen molar-refractivity contribution in [2.45, 2.75) is 50.5 Å². The van der Waals surface area contributed by atoms with Gasteiger partial charge in [0.1, 0.15) is 0 Å². The van der Waals surface area contributed by atoms with Gasteiger partial charge in [0.05, 0.1) is 12.0 Å². The minimum atomic E-state index is -0.754. The quantitative estimate of drug-likeness (QED) is 0.799. The number of nitrogens with zero attached hydrogens (tertiary/aromatic N) is 1. The standard InChI is InChI=1S/C23H27N3O2.ClH/c24-23(13-4-1-5-14-23)22(28)25-19-10-8-17(9-11-19)16-21(27)26-15-12-18-6-2-3-7-20(18)26;/h2-3,6-11H,1,4-5,12-16,24H2,(H,25,28);1H. The van der Waals surface area contributed by atoms with E-state index >= 15 is 0 Å². The lowest BCUT2D eigenvalue weighted by molar-refractivity contribution is -0.122. The highest BCUT2D eigenvalue weighted by atomic mass is 35.5. The second kappa shape index (κ2) is 8.97. The average molecular weight is 414 g/mol. The summed E-state index contributed by atoms with van der Waals surface area (Å²) in [6.45, 7) is 0.741. The molecule has 1 heterocycles. The predicted molar refractivity (Wildman–Crippen MR) is 119 cm³/mol. The van der Waals surface area contributed by atoms with Gasteiger partial charge < -0.3 is 16.0 Å². The number of carbonyl (C=O) groups is 2. The molecular formula is C23H28ClN3O2. The summed E-state index contributed by atoms with van der Waals surface area (Å²) >= 11 is 0. The molecule has 1 fully saturated rings. The molecule has 6 heteroatoms. The van der Waals surface area contributed by atoms with E-state index in [9.17, 15) is 9.59 Å². The second-order valence-corrected chi connectivity index (χ2v) is 7.97. The number of nitrogens with two attached hydrogens (primary N) is 1. The molecule has 0 atom stereocenters. The van der Waals surface area contributed by atoms with Gasteiger partial charge in [0.15, 0.2) is 0 Å². The van der Waals surface area contributed by atoms with Crippen LogP contribution in [-0.4, -0.2) is 23.9 Å². The molecule has 1 saturated carbocycles. The number of hydrogen-bond donors (Lipinski definition) is 2. The molecule has 29 heavy (non-hydrogen) atoms. The number of fused-ring (bicyclic) bond motifs is 1. The maximum atomic E-state index is 12.7. The Bertz CT molecular complexity index is 876. The van der Waals surface area contributed by atoms with Crippen molar-refractivity contribution < 1.29 is 9.59 Å². The molecule has 0 unspecified atom stereocenters. The molecule has 1 aliphatic heterocycles. The first kappa shape index (κ1) is 21.3. The van der Waals surface area contributed by atoms with Crippen LogP contribution in [0.15, 0.2) is 48.5 Å². The first-order valence-electron chi connectivity index (χ1n) is 10.1. The lowest BCUT2D eigenvalue weighted by atomic mass is 9.82. The SMILES string of the molecule is Cl.NC1(C(=O)Nc2ccc(CC(=O)N3CCc4ccccc43)cc2)CCCCC1. The predicted octanol–water partition coefficient (Wildman–Crippen LogP) is 3.84. The van der Waals surface area contributed by atoms with E-state index < -0.39 is 5.54 Å². The Morgan fingerprint density at radius 3 is 2.41 bits per heavy atom. The van der Waals surface area contributed by atoms with Gasteiger partial charge in [-0.05, 0) is 48.6 Å². The van der Waals surface area contributed by atoms with Crippen molar-refractivity contribution in [1.82, 2.24) is 0 Å². The van der Waals surface area contributed by atoms with Crippen LogP contribution in [0, 0.1) is 0 Å². The Morgan fingerprint density at radius 1 is 1.00 bits per heavy atom. The van der Waals surface area contributed by atoms with Crippen molar-refractivity contribution in [2.75, 3.05) is 16.8 Å². The normalized spacial score (nSPS) is 17.2. The second-order valence-electron chi connectivity index (χ2n) is 7.97. The maximum absolute atomic E-state index is 12.7. The lowest BCUT2D eigenvalue weighted by Crippen LogP contribution is -2.52. The molecule has 2 aromatic rings. The highest BCUT2D eigenvalue weighted by molar-refractivity contribution is 5.98. The van der Waals surface area contributed by atoms with E-state index in [2.05, 4.69) is 11.4 Å². The molecule has 0 radical (unpaired) electrons. The largest absolute Gasteiger partial charge is 0.324 e. The molecule has 5 nitrogen and oxygen atoms in total. The van der Waals surface area contributed by atoms with E-state index in [0.717, 1.165) is 62.0 Å². The molecule has 0 saturated heterocycles. The zero-order chi connectivity index (χ0) is 19.6. The summed E-state index contributed by atoms with van der Waals surface area (Å²) in [5.74, 6) is -0.00504. The van der Waals surface area contributed by atoms with Crippen LogP contribution in [0.4, 0.5) is 11.4 Å². The summed E-state index contributed by atoms with van der Waals surface area (Å²) in [6.07, 6.45) is 5.90. The zero-order valence-electron chi connectivity index (χ0n) is 16.5. The van der Waals surface area contributed by atoms with Crippen LogP contribution < -0.4 is 16.0 Å². The fraction of sp³-hybridized carbons (Fsp3) is 0.391. The number of nitrogens with one attached hydrogen (secondary N) is 1. The van der Waals surface area contributed by atoms with Crippen molar-refractivity contribution in [2.24, 2.45) is 5.73 Å². The molecule has 0 bridgehead atoms. The van der Waals surface area contributed by atoms with Gasteiger partial charge in [-0.15, -0.1) is 12.4 Å². The number of anilines is 2. The molecule has 0 aromatic heterocycles. The fourth-order valence-corrected chi connectivity index (χ4v) is 4.24. The molecule has 0 spiro atoms. The van der Waals surface area contributed by atoms with Gasteiger partial charge in [-0.3, -0.25) is 9.59 Å². The Labute approximate surface area is 178 Å². The first-order chi connectivity index (χ1) is 13.5. The van der Waals surface area contributed by atoms with Gasteiger partial charge in [0.25, 0.3) is 0 Å². The summed E-state index contributed by atoms with van der Waals surface area (Å²) < 4.78 is 0. The van der Waals surface area contributed by atoms with Crippen LogP contribution in [0.2, 0.25) is 0 Å². The average Bonchev–Trinajstić information content (AvgIpc) is 3.14. The minimum Gasteiger partial charge on any atom is -0.324 e. The Kier molecular flexibility index (Phi) is 6.60. The Hall–Kier alpha value is -2.37. The highest BCUT2D eigenvalue weighted by Crippen LogP contribution is 2.29. The van der Waals surface area contributed by atoms with E-state index in [1.54, 1.807) is 0 Å². The van der Waals surface area contributed by atoms with Gasteiger partial charge in [-0.1, -0.05) is 49.6 Å². The minimum absolute atomic E-state index is 0. The van der Waals surface area contributed by atoms with Crippen molar-refractivity contribution in [1.29, 1.82) is 0 Å². The van der Waals surface area contributed by atoms with Gasteiger partial charge in [-0.2, -0.15) is 0 Å². The Balaban J connectivity index is 0.00000240. The number of rotatable bonds is 4. The number of halogens is 1. The summed E-state index contributed by atoms with van der Waals surface area (Å²) in [6, 6.07) is 15.6. The van der Waals surface area contributed by atoms with Gasteiger partial charge >= 0.3 is 0 Å². The number of carbonyl (C=O) groups excluding carboxylic acids is 2. The van der Waals surface area contributed by atoms with E-state index in [1.165, 1.54) is 5.56 Å². The van der Waals surface area contributed by atoms with Crippen molar-refractivity contribution in [3.8, 4) is 0 Å².